The average molecular weight is 557 g/mol. The summed E-state index contributed by atoms with van der Waals surface area (Å²) in [5.41, 5.74) is -0.0967. The SMILES string of the molecule is C=C(C)C(=O)OC1CC(C)(C)N(SSN2C(C)(C)CC(OC(=O)C(C)C)CC2(C)CC)C(C)(CCC)C1. The van der Waals surface area contributed by atoms with E-state index in [1.54, 1.807) is 6.92 Å². The van der Waals surface area contributed by atoms with E-state index in [1.807, 2.05) is 35.8 Å². The van der Waals surface area contributed by atoms with Crippen LogP contribution in [0, 0.1) is 5.92 Å². The molecule has 2 aliphatic rings. The maximum atomic E-state index is 12.4. The average Bonchev–Trinajstić information content (AvgIpc) is 2.73. The number of hydrogen-bond donors (Lipinski definition) is 0. The largest absolute Gasteiger partial charge is 0.462 e. The first-order chi connectivity index (χ1) is 16.9. The lowest BCUT2D eigenvalue weighted by molar-refractivity contribution is -0.160. The van der Waals surface area contributed by atoms with Crippen molar-refractivity contribution in [2.24, 2.45) is 5.92 Å². The molecule has 0 radical (unpaired) electrons. The van der Waals surface area contributed by atoms with E-state index >= 15 is 0 Å². The number of nitrogens with zero attached hydrogens (tertiary/aromatic N) is 2. The fourth-order valence-electron chi connectivity index (χ4n) is 6.23. The van der Waals surface area contributed by atoms with Gasteiger partial charge in [0.1, 0.15) is 12.2 Å². The third kappa shape index (κ3) is 7.70. The van der Waals surface area contributed by atoms with Gasteiger partial charge >= 0.3 is 11.9 Å². The summed E-state index contributed by atoms with van der Waals surface area (Å²) >= 11 is 0. The highest BCUT2D eigenvalue weighted by molar-refractivity contribution is 8.74. The van der Waals surface area contributed by atoms with Crippen LogP contribution < -0.4 is 0 Å². The van der Waals surface area contributed by atoms with Crippen molar-refractivity contribution in [3.8, 4) is 0 Å². The molecule has 2 heterocycles. The molecule has 6 nitrogen and oxygen atoms in total. The van der Waals surface area contributed by atoms with E-state index in [0.29, 0.717) is 5.57 Å². The minimum atomic E-state index is -0.295. The molecular formula is C29H52N2O4S2. The summed E-state index contributed by atoms with van der Waals surface area (Å²) in [5.74, 6) is -0.520. The van der Waals surface area contributed by atoms with Crippen molar-refractivity contribution in [3.05, 3.63) is 12.2 Å². The van der Waals surface area contributed by atoms with Crippen LogP contribution >= 0.6 is 22.0 Å². The zero-order valence-electron chi connectivity index (χ0n) is 25.2. The van der Waals surface area contributed by atoms with Crippen molar-refractivity contribution in [3.63, 3.8) is 0 Å². The summed E-state index contributed by atoms with van der Waals surface area (Å²) in [5, 5.41) is 0. The van der Waals surface area contributed by atoms with Gasteiger partial charge in [0, 0.05) is 75.4 Å². The van der Waals surface area contributed by atoms with Crippen molar-refractivity contribution in [1.82, 2.24) is 8.61 Å². The minimum absolute atomic E-state index is 0.0720. The fourth-order valence-corrected chi connectivity index (χ4v) is 10.3. The van der Waals surface area contributed by atoms with E-state index in [-0.39, 0.29) is 52.2 Å². The van der Waals surface area contributed by atoms with Gasteiger partial charge < -0.3 is 9.47 Å². The normalized spacial score (nSPS) is 32.2. The highest BCUT2D eigenvalue weighted by atomic mass is 33.1. The Morgan fingerprint density at radius 1 is 0.865 bits per heavy atom. The Morgan fingerprint density at radius 3 is 1.76 bits per heavy atom. The van der Waals surface area contributed by atoms with Crippen LogP contribution in [0.4, 0.5) is 0 Å². The van der Waals surface area contributed by atoms with Crippen LogP contribution in [0.2, 0.25) is 0 Å². The van der Waals surface area contributed by atoms with Gasteiger partial charge in [-0.3, -0.25) is 4.79 Å². The monoisotopic (exact) mass is 556 g/mol. The number of esters is 2. The Balaban J connectivity index is 2.26. The van der Waals surface area contributed by atoms with Crippen LogP contribution in [0.5, 0.6) is 0 Å². The quantitative estimate of drug-likeness (QED) is 0.117. The molecule has 4 atom stereocenters. The van der Waals surface area contributed by atoms with Gasteiger partial charge in [-0.25, -0.2) is 13.4 Å². The van der Waals surface area contributed by atoms with E-state index in [2.05, 4.69) is 70.6 Å². The van der Waals surface area contributed by atoms with E-state index in [0.717, 1.165) is 44.9 Å². The molecule has 2 rings (SSSR count). The molecule has 0 spiro atoms. The Labute approximate surface area is 234 Å². The van der Waals surface area contributed by atoms with Crippen LogP contribution in [0.1, 0.15) is 121 Å². The van der Waals surface area contributed by atoms with Crippen LogP contribution in [0.15, 0.2) is 12.2 Å². The number of ether oxygens (including phenoxy) is 2. The Morgan fingerprint density at radius 2 is 1.32 bits per heavy atom. The molecule has 0 aromatic heterocycles. The van der Waals surface area contributed by atoms with Gasteiger partial charge in [0.05, 0.1) is 5.92 Å². The van der Waals surface area contributed by atoms with Crippen LogP contribution in [-0.4, -0.2) is 54.9 Å². The predicted octanol–water partition coefficient (Wildman–Crippen LogP) is 7.73. The third-order valence-electron chi connectivity index (χ3n) is 7.98. The van der Waals surface area contributed by atoms with Crippen molar-refractivity contribution < 1.29 is 19.1 Å². The van der Waals surface area contributed by atoms with Gasteiger partial charge in [-0.15, -0.1) is 0 Å². The van der Waals surface area contributed by atoms with E-state index in [9.17, 15) is 9.59 Å². The third-order valence-corrected chi connectivity index (χ3v) is 11.3. The summed E-state index contributed by atoms with van der Waals surface area (Å²) < 4.78 is 17.0. The number of piperidine rings is 2. The fraction of sp³-hybridized carbons (Fsp3) is 0.862. The second-order valence-electron chi connectivity index (χ2n) is 13.3. The molecule has 4 unspecified atom stereocenters. The summed E-state index contributed by atoms with van der Waals surface area (Å²) in [6.07, 6.45) is 6.07. The molecule has 8 heteroatoms. The van der Waals surface area contributed by atoms with Crippen LogP contribution in [-0.2, 0) is 19.1 Å². The lowest BCUT2D eigenvalue weighted by atomic mass is 9.77. The number of carbonyl (C=O) groups excluding carboxylic acids is 2. The van der Waals surface area contributed by atoms with Gasteiger partial charge in [-0.2, -0.15) is 0 Å². The molecule has 2 fully saturated rings. The van der Waals surface area contributed by atoms with Crippen molar-refractivity contribution in [1.29, 1.82) is 0 Å². The number of hydrogen-bond acceptors (Lipinski definition) is 8. The predicted molar refractivity (Wildman–Crippen MR) is 157 cm³/mol. The number of carbonyl (C=O) groups is 2. The molecule has 2 saturated heterocycles. The molecular weight excluding hydrogens is 504 g/mol. The first-order valence-corrected chi connectivity index (χ1v) is 16.0. The van der Waals surface area contributed by atoms with Crippen molar-refractivity contribution in [2.75, 3.05) is 0 Å². The lowest BCUT2D eigenvalue weighted by Gasteiger charge is -2.58. The molecule has 0 bridgehead atoms. The van der Waals surface area contributed by atoms with Gasteiger partial charge in [-0.05, 0) is 61.3 Å². The minimum Gasteiger partial charge on any atom is -0.462 e. The molecule has 214 valence electrons. The van der Waals surface area contributed by atoms with E-state index < -0.39 is 0 Å². The van der Waals surface area contributed by atoms with Crippen molar-refractivity contribution >= 4 is 33.9 Å². The van der Waals surface area contributed by atoms with Gasteiger partial charge in [0.25, 0.3) is 0 Å². The Kier molecular flexibility index (Phi) is 10.7. The summed E-state index contributed by atoms with van der Waals surface area (Å²) in [4.78, 5) is 24.7. The zero-order chi connectivity index (χ0) is 28.4. The molecule has 2 aliphatic heterocycles. The van der Waals surface area contributed by atoms with Crippen LogP contribution in [0.3, 0.4) is 0 Å². The topological polar surface area (TPSA) is 59.1 Å². The van der Waals surface area contributed by atoms with Crippen LogP contribution in [0.25, 0.3) is 0 Å². The highest BCUT2D eigenvalue weighted by Gasteiger charge is 2.53. The Bertz CT molecular complexity index is 846. The second-order valence-corrected chi connectivity index (χ2v) is 15.2. The zero-order valence-corrected chi connectivity index (χ0v) is 26.9. The summed E-state index contributed by atoms with van der Waals surface area (Å²) in [6, 6.07) is 0. The molecule has 0 amide bonds. The maximum absolute atomic E-state index is 12.4. The summed E-state index contributed by atoms with van der Waals surface area (Å²) in [7, 11) is 3.67. The molecule has 37 heavy (non-hydrogen) atoms. The standard InChI is InChI=1S/C29H52N2O4S2/c1-13-15-29(12)19-23(35-25(33)21(5)6)17-27(9,10)31(29)37-36-30-26(7,8)16-22(18-28(30,11)14-2)34-24(32)20(3)4/h20,22-23H,5,13-19H2,1-4,6-12H3. The molecule has 0 N–H and O–H groups in total. The maximum Gasteiger partial charge on any atom is 0.333 e. The van der Waals surface area contributed by atoms with Gasteiger partial charge in [0.2, 0.25) is 0 Å². The Hall–Kier alpha value is -0.700. The smallest absolute Gasteiger partial charge is 0.333 e. The molecule has 0 aromatic rings. The van der Waals surface area contributed by atoms with Gasteiger partial charge in [-0.1, -0.05) is 40.7 Å². The second kappa shape index (κ2) is 12.2. The first kappa shape index (κ1) is 32.5. The lowest BCUT2D eigenvalue weighted by Crippen LogP contribution is -2.62. The highest BCUT2D eigenvalue weighted by Crippen LogP contribution is 2.55. The van der Waals surface area contributed by atoms with Crippen molar-refractivity contribution in [2.45, 2.75) is 155 Å². The van der Waals surface area contributed by atoms with E-state index in [1.165, 1.54) is 0 Å². The van der Waals surface area contributed by atoms with E-state index in [4.69, 9.17) is 9.47 Å². The summed E-state index contributed by atoms with van der Waals surface area (Å²) in [6.45, 7) is 27.4. The number of rotatable bonds is 10. The molecule has 0 aliphatic carbocycles. The first-order valence-electron chi connectivity index (χ1n) is 13.9. The molecule has 0 aromatic carbocycles. The van der Waals surface area contributed by atoms with Gasteiger partial charge in [0.15, 0.2) is 0 Å². The molecule has 0 saturated carbocycles.